The van der Waals surface area contributed by atoms with E-state index in [4.69, 9.17) is 21.4 Å². The van der Waals surface area contributed by atoms with E-state index in [9.17, 15) is 9.59 Å². The Morgan fingerprint density at radius 1 is 1.44 bits per heavy atom. The number of hydrogen-bond acceptors (Lipinski definition) is 3. The zero-order chi connectivity index (χ0) is 13.5. The van der Waals surface area contributed by atoms with Gasteiger partial charge in [-0.05, 0) is 12.1 Å². The largest absolute Gasteiger partial charge is 0.493 e. The Balaban J connectivity index is 2.59. The predicted molar refractivity (Wildman–Crippen MR) is 67.3 cm³/mol. The first-order chi connectivity index (χ1) is 8.54. The van der Waals surface area contributed by atoms with Crippen LogP contribution in [0.5, 0.6) is 5.75 Å². The number of amides is 2. The van der Waals surface area contributed by atoms with Crippen molar-refractivity contribution in [1.82, 2.24) is 5.32 Å². The van der Waals surface area contributed by atoms with Crippen LogP contribution >= 0.6 is 11.6 Å². The van der Waals surface area contributed by atoms with E-state index in [0.29, 0.717) is 16.5 Å². The van der Waals surface area contributed by atoms with Crippen molar-refractivity contribution in [2.24, 2.45) is 0 Å². The number of benzene rings is 1. The van der Waals surface area contributed by atoms with Crippen LogP contribution in [-0.2, 0) is 4.79 Å². The monoisotopic (exact) mass is 272 g/mol. The van der Waals surface area contributed by atoms with Crippen molar-refractivity contribution >= 4 is 29.3 Å². The van der Waals surface area contributed by atoms with Crippen LogP contribution < -0.4 is 15.4 Å². The van der Waals surface area contributed by atoms with Crippen LogP contribution in [0.25, 0.3) is 0 Å². The SMILES string of the molecule is COc1c(Cl)cccc1NC(=O)NCCC(=O)O. The second-order valence-corrected chi connectivity index (χ2v) is 3.75. The molecule has 1 rings (SSSR count). The van der Waals surface area contributed by atoms with E-state index in [1.807, 2.05) is 0 Å². The first-order valence-corrected chi connectivity index (χ1v) is 5.51. The van der Waals surface area contributed by atoms with Gasteiger partial charge in [-0.25, -0.2) is 4.79 Å². The second kappa shape index (κ2) is 6.70. The minimum absolute atomic E-state index is 0.0457. The van der Waals surface area contributed by atoms with Gasteiger partial charge in [0.1, 0.15) is 0 Å². The molecule has 6 nitrogen and oxygen atoms in total. The van der Waals surface area contributed by atoms with E-state index in [0.717, 1.165) is 0 Å². The number of urea groups is 1. The highest BCUT2D eigenvalue weighted by atomic mass is 35.5. The van der Waals surface area contributed by atoms with E-state index >= 15 is 0 Å². The number of carboxylic acids is 1. The zero-order valence-electron chi connectivity index (χ0n) is 9.70. The van der Waals surface area contributed by atoms with E-state index in [1.165, 1.54) is 7.11 Å². The number of ether oxygens (including phenoxy) is 1. The van der Waals surface area contributed by atoms with E-state index < -0.39 is 12.0 Å². The van der Waals surface area contributed by atoms with Gasteiger partial charge in [-0.3, -0.25) is 4.79 Å². The average molecular weight is 273 g/mol. The maximum atomic E-state index is 11.5. The number of carboxylic acid groups (broad SMARTS) is 1. The van der Waals surface area contributed by atoms with Gasteiger partial charge in [-0.2, -0.15) is 0 Å². The molecule has 1 aromatic rings. The summed E-state index contributed by atoms with van der Waals surface area (Å²) in [6.07, 6.45) is -0.139. The number of halogens is 1. The summed E-state index contributed by atoms with van der Waals surface area (Å²) in [5, 5.41) is 13.7. The van der Waals surface area contributed by atoms with E-state index in [-0.39, 0.29) is 13.0 Å². The molecule has 7 heteroatoms. The maximum absolute atomic E-state index is 11.5. The minimum Gasteiger partial charge on any atom is -0.493 e. The van der Waals surface area contributed by atoms with Crippen LogP contribution in [0, 0.1) is 0 Å². The summed E-state index contributed by atoms with van der Waals surface area (Å²) >= 11 is 5.88. The molecule has 0 saturated carbocycles. The molecule has 0 unspecified atom stereocenters. The van der Waals surface area contributed by atoms with Gasteiger partial charge >= 0.3 is 12.0 Å². The Morgan fingerprint density at radius 3 is 2.78 bits per heavy atom. The van der Waals surface area contributed by atoms with Crippen LogP contribution in [0.15, 0.2) is 18.2 Å². The van der Waals surface area contributed by atoms with Crippen LogP contribution in [0.2, 0.25) is 5.02 Å². The molecule has 0 fully saturated rings. The molecule has 0 atom stereocenters. The van der Waals surface area contributed by atoms with E-state index in [1.54, 1.807) is 18.2 Å². The molecule has 0 aliphatic heterocycles. The maximum Gasteiger partial charge on any atom is 0.319 e. The predicted octanol–water partition coefficient (Wildman–Crippen LogP) is 1.94. The van der Waals surface area contributed by atoms with Crippen LogP contribution in [0.1, 0.15) is 6.42 Å². The number of carbonyl (C=O) groups is 2. The Labute approximate surface area is 109 Å². The molecule has 0 aliphatic rings. The number of rotatable bonds is 5. The van der Waals surface area contributed by atoms with Gasteiger partial charge in [0.2, 0.25) is 0 Å². The third-order valence-electron chi connectivity index (χ3n) is 2.04. The average Bonchev–Trinajstić information content (AvgIpc) is 2.28. The number of nitrogens with one attached hydrogen (secondary N) is 2. The van der Waals surface area contributed by atoms with Crippen LogP contribution in [0.3, 0.4) is 0 Å². The summed E-state index contributed by atoms with van der Waals surface area (Å²) in [5.74, 6) is -0.622. The lowest BCUT2D eigenvalue weighted by Gasteiger charge is -2.11. The third-order valence-corrected chi connectivity index (χ3v) is 2.34. The fraction of sp³-hybridized carbons (Fsp3) is 0.273. The normalized spacial score (nSPS) is 9.67. The fourth-order valence-electron chi connectivity index (χ4n) is 1.26. The Kier molecular flexibility index (Phi) is 5.26. The molecule has 0 aliphatic carbocycles. The van der Waals surface area contributed by atoms with E-state index in [2.05, 4.69) is 10.6 Å². The molecule has 0 aromatic heterocycles. The summed E-state index contributed by atoms with van der Waals surface area (Å²) in [4.78, 5) is 21.7. The van der Waals surface area contributed by atoms with Crippen molar-refractivity contribution in [2.45, 2.75) is 6.42 Å². The number of carbonyl (C=O) groups excluding carboxylic acids is 1. The standard InChI is InChI=1S/C11H13ClN2O4/c1-18-10-7(12)3-2-4-8(10)14-11(17)13-6-5-9(15)16/h2-4H,5-6H2,1H3,(H,15,16)(H2,13,14,17). The topological polar surface area (TPSA) is 87.7 Å². The molecule has 0 saturated heterocycles. The summed E-state index contributed by atoms with van der Waals surface area (Å²) in [6.45, 7) is 0.0457. The third kappa shape index (κ3) is 4.14. The summed E-state index contributed by atoms with van der Waals surface area (Å²) in [5.41, 5.74) is 0.415. The molecule has 98 valence electrons. The van der Waals surface area contributed by atoms with Crippen LogP contribution in [-0.4, -0.2) is 30.8 Å². The molecule has 1 aromatic carbocycles. The van der Waals surface area contributed by atoms with Crippen LogP contribution in [0.4, 0.5) is 10.5 Å². The lowest BCUT2D eigenvalue weighted by Crippen LogP contribution is -2.30. The number of aliphatic carboxylic acids is 1. The smallest absolute Gasteiger partial charge is 0.319 e. The Hall–Kier alpha value is -1.95. The minimum atomic E-state index is -0.976. The first kappa shape index (κ1) is 14.1. The molecule has 0 radical (unpaired) electrons. The molecule has 2 amide bonds. The molecule has 0 heterocycles. The molecule has 18 heavy (non-hydrogen) atoms. The van der Waals surface area contributed by atoms with Crippen molar-refractivity contribution in [3.63, 3.8) is 0 Å². The quantitative estimate of drug-likeness (QED) is 0.764. The van der Waals surface area contributed by atoms with Crippen molar-refractivity contribution in [3.8, 4) is 5.75 Å². The number of hydrogen-bond donors (Lipinski definition) is 3. The van der Waals surface area contributed by atoms with Gasteiger partial charge in [0.05, 0.1) is 24.2 Å². The molecule has 0 bridgehead atoms. The molecule has 3 N–H and O–H groups in total. The van der Waals surface area contributed by atoms with Gasteiger partial charge in [-0.15, -0.1) is 0 Å². The molecular weight excluding hydrogens is 260 g/mol. The lowest BCUT2D eigenvalue weighted by molar-refractivity contribution is -0.136. The zero-order valence-corrected chi connectivity index (χ0v) is 10.5. The highest BCUT2D eigenvalue weighted by Gasteiger charge is 2.10. The fourth-order valence-corrected chi connectivity index (χ4v) is 1.52. The molecule has 0 spiro atoms. The van der Waals surface area contributed by atoms with Gasteiger partial charge < -0.3 is 20.5 Å². The highest BCUT2D eigenvalue weighted by Crippen LogP contribution is 2.32. The van der Waals surface area contributed by atoms with Crippen molar-refractivity contribution in [3.05, 3.63) is 23.2 Å². The molecular formula is C11H13ClN2O4. The number of methoxy groups -OCH3 is 1. The van der Waals surface area contributed by atoms with Crippen molar-refractivity contribution < 1.29 is 19.4 Å². The second-order valence-electron chi connectivity index (χ2n) is 3.35. The summed E-state index contributed by atoms with van der Waals surface area (Å²) in [6, 6.07) is 4.41. The summed E-state index contributed by atoms with van der Waals surface area (Å²) in [7, 11) is 1.44. The van der Waals surface area contributed by atoms with Crippen molar-refractivity contribution in [2.75, 3.05) is 19.0 Å². The summed E-state index contributed by atoms with van der Waals surface area (Å²) < 4.78 is 5.05. The first-order valence-electron chi connectivity index (χ1n) is 5.13. The lowest BCUT2D eigenvalue weighted by atomic mass is 10.3. The van der Waals surface area contributed by atoms with Gasteiger partial charge in [0.15, 0.2) is 5.75 Å². The van der Waals surface area contributed by atoms with Gasteiger partial charge in [-0.1, -0.05) is 17.7 Å². The van der Waals surface area contributed by atoms with Crippen molar-refractivity contribution in [1.29, 1.82) is 0 Å². The highest BCUT2D eigenvalue weighted by molar-refractivity contribution is 6.32. The number of para-hydroxylation sites is 1. The Morgan fingerprint density at radius 2 is 2.17 bits per heavy atom. The number of anilines is 1. The Bertz CT molecular complexity index is 451. The van der Waals surface area contributed by atoms with Gasteiger partial charge in [0.25, 0.3) is 0 Å². The van der Waals surface area contributed by atoms with Gasteiger partial charge in [0, 0.05) is 6.54 Å².